The molecule has 1 aromatic carbocycles. The molecule has 3 N–H and O–H groups in total. The molecule has 4 atom stereocenters. The molecule has 3 aliphatic rings. The molecule has 6 heteroatoms. The normalized spacial score (nSPS) is 29.8. The molecule has 0 amide bonds. The van der Waals surface area contributed by atoms with Gasteiger partial charge in [0.1, 0.15) is 6.61 Å². The summed E-state index contributed by atoms with van der Waals surface area (Å²) in [5.41, 5.74) is 9.59. The summed E-state index contributed by atoms with van der Waals surface area (Å²) in [5, 5.41) is 10.8. The number of ether oxygens (including phenoxy) is 1. The number of hydrogen-bond donors (Lipinski definition) is 2. The van der Waals surface area contributed by atoms with E-state index in [9.17, 15) is 9.90 Å². The summed E-state index contributed by atoms with van der Waals surface area (Å²) in [6.45, 7) is 2.95. The number of hydrogen-bond acceptors (Lipinski definition) is 5. The van der Waals surface area contributed by atoms with Gasteiger partial charge in [-0.2, -0.15) is 0 Å². The Kier molecular flexibility index (Phi) is 4.89. The van der Waals surface area contributed by atoms with Gasteiger partial charge in [-0.05, 0) is 49.8 Å². The largest absolute Gasteiger partial charge is 0.457 e. The fourth-order valence-corrected chi connectivity index (χ4v) is 4.64. The van der Waals surface area contributed by atoms with E-state index in [1.54, 1.807) is 6.07 Å². The Balaban J connectivity index is 0.00000169. The van der Waals surface area contributed by atoms with Crippen LogP contribution in [-0.2, 0) is 11.3 Å². The zero-order valence-electron chi connectivity index (χ0n) is 13.9. The first kappa shape index (κ1) is 17.7. The van der Waals surface area contributed by atoms with Gasteiger partial charge in [-0.15, -0.1) is 12.4 Å². The maximum atomic E-state index is 11.6. The van der Waals surface area contributed by atoms with Crippen LogP contribution in [0.15, 0.2) is 12.1 Å². The van der Waals surface area contributed by atoms with Crippen LogP contribution in [0, 0.1) is 6.92 Å². The van der Waals surface area contributed by atoms with Crippen molar-refractivity contribution in [2.24, 2.45) is 5.73 Å². The summed E-state index contributed by atoms with van der Waals surface area (Å²) in [5.74, 6) is -0.257. The molecule has 0 aromatic heterocycles. The predicted octanol–water partition coefficient (Wildman–Crippen LogP) is 2.07. The number of esters is 1. The predicted molar refractivity (Wildman–Crippen MR) is 93.2 cm³/mol. The molecule has 2 saturated heterocycles. The third-order valence-electron chi connectivity index (χ3n) is 5.87. The van der Waals surface area contributed by atoms with E-state index in [1.165, 1.54) is 12.8 Å². The smallest absolute Gasteiger partial charge is 0.338 e. The minimum absolute atomic E-state index is 0. The van der Waals surface area contributed by atoms with Gasteiger partial charge in [-0.1, -0.05) is 6.07 Å². The van der Waals surface area contributed by atoms with Crippen molar-refractivity contribution in [3.8, 4) is 0 Å². The van der Waals surface area contributed by atoms with Crippen LogP contribution in [0.1, 0.15) is 58.8 Å². The van der Waals surface area contributed by atoms with Crippen molar-refractivity contribution in [3.05, 3.63) is 34.4 Å². The van der Waals surface area contributed by atoms with Crippen molar-refractivity contribution in [1.29, 1.82) is 0 Å². The van der Waals surface area contributed by atoms with E-state index in [0.717, 1.165) is 29.5 Å². The van der Waals surface area contributed by atoms with Gasteiger partial charge < -0.3 is 15.6 Å². The number of nitrogens with zero attached hydrogens (tertiary/aromatic N) is 1. The summed E-state index contributed by atoms with van der Waals surface area (Å²) in [6, 6.07) is 5.00. The van der Waals surface area contributed by atoms with Crippen LogP contribution in [0.4, 0.5) is 0 Å². The molecular weight excluding hydrogens is 328 g/mol. The van der Waals surface area contributed by atoms with E-state index in [1.807, 2.05) is 13.0 Å². The fourth-order valence-electron chi connectivity index (χ4n) is 4.64. The van der Waals surface area contributed by atoms with Gasteiger partial charge in [0.15, 0.2) is 0 Å². The average Bonchev–Trinajstić information content (AvgIpc) is 2.99. The Morgan fingerprint density at radius 3 is 2.67 bits per heavy atom. The number of piperidine rings is 1. The monoisotopic (exact) mass is 352 g/mol. The van der Waals surface area contributed by atoms with Gasteiger partial charge in [0.2, 0.25) is 0 Å². The topological polar surface area (TPSA) is 75.8 Å². The summed E-state index contributed by atoms with van der Waals surface area (Å²) >= 11 is 0. The lowest BCUT2D eigenvalue weighted by Gasteiger charge is -2.39. The fraction of sp³-hybridized carbons (Fsp3) is 0.611. The van der Waals surface area contributed by atoms with E-state index in [-0.39, 0.29) is 18.4 Å². The molecule has 0 saturated carbocycles. The lowest BCUT2D eigenvalue weighted by molar-refractivity contribution is 0.0534. The molecule has 1 aromatic rings. The molecule has 4 rings (SSSR count). The molecule has 0 aliphatic carbocycles. The molecule has 3 heterocycles. The van der Waals surface area contributed by atoms with Crippen molar-refractivity contribution >= 4 is 18.4 Å². The molecule has 2 bridgehead atoms. The number of halogens is 1. The number of carbonyl (C=O) groups excluding carboxylic acids is 1. The van der Waals surface area contributed by atoms with Crippen LogP contribution in [-0.4, -0.2) is 40.6 Å². The second-order valence-electron chi connectivity index (χ2n) is 7.21. The van der Waals surface area contributed by atoms with Crippen LogP contribution in [0.3, 0.4) is 0 Å². The van der Waals surface area contributed by atoms with Crippen molar-refractivity contribution < 1.29 is 14.6 Å². The van der Waals surface area contributed by atoms with Gasteiger partial charge in [0.05, 0.1) is 11.7 Å². The lowest BCUT2D eigenvalue weighted by Crippen LogP contribution is -2.48. The van der Waals surface area contributed by atoms with Crippen molar-refractivity contribution in [2.75, 3.05) is 6.54 Å². The first-order chi connectivity index (χ1) is 11.0. The number of aliphatic hydroxyl groups is 1. The van der Waals surface area contributed by atoms with E-state index < -0.39 is 6.10 Å². The van der Waals surface area contributed by atoms with Crippen LogP contribution < -0.4 is 5.73 Å². The Bertz CT molecular complexity index is 637. The highest BCUT2D eigenvalue weighted by molar-refractivity contribution is 5.93. The summed E-state index contributed by atoms with van der Waals surface area (Å²) in [6.07, 6.45) is 3.92. The van der Waals surface area contributed by atoms with Crippen molar-refractivity contribution in [1.82, 2.24) is 4.90 Å². The number of rotatable bonds is 3. The molecule has 3 aliphatic heterocycles. The molecular formula is C18H25ClN2O3. The number of benzene rings is 1. The first-order valence-electron chi connectivity index (χ1n) is 8.53. The SMILES string of the molecule is Cc1c([C@@H](O)CN2[C@@H]3CC[C@H]2CC(N)C3)ccc2c1COC2=O.Cl. The third-order valence-corrected chi connectivity index (χ3v) is 5.87. The number of aliphatic hydroxyl groups excluding tert-OH is 1. The van der Waals surface area contributed by atoms with Gasteiger partial charge in [0.25, 0.3) is 0 Å². The number of fused-ring (bicyclic) bond motifs is 3. The zero-order valence-corrected chi connectivity index (χ0v) is 14.7. The first-order valence-corrected chi connectivity index (χ1v) is 8.53. The van der Waals surface area contributed by atoms with Crippen molar-refractivity contribution in [2.45, 2.75) is 63.4 Å². The van der Waals surface area contributed by atoms with E-state index in [2.05, 4.69) is 4.90 Å². The van der Waals surface area contributed by atoms with Gasteiger partial charge in [-0.25, -0.2) is 4.79 Å². The van der Waals surface area contributed by atoms with Gasteiger partial charge >= 0.3 is 5.97 Å². The maximum Gasteiger partial charge on any atom is 0.338 e. The third kappa shape index (κ3) is 2.84. The second kappa shape index (κ2) is 6.64. The van der Waals surface area contributed by atoms with E-state index in [0.29, 0.717) is 36.8 Å². The zero-order chi connectivity index (χ0) is 16.1. The van der Waals surface area contributed by atoms with E-state index >= 15 is 0 Å². The van der Waals surface area contributed by atoms with Crippen LogP contribution >= 0.6 is 12.4 Å². The Labute approximate surface area is 148 Å². The molecule has 24 heavy (non-hydrogen) atoms. The molecule has 132 valence electrons. The standard InChI is InChI=1S/C18H24N2O3.ClH/c1-10-14(4-5-15-16(10)9-23-18(15)22)17(21)8-20-12-2-3-13(20)7-11(19)6-12;/h4-5,11-13,17,21H,2-3,6-9,19H2,1H3;1H/t11?,12-,13+,17-;/m0./s1. The summed E-state index contributed by atoms with van der Waals surface area (Å²) in [7, 11) is 0. The van der Waals surface area contributed by atoms with Gasteiger partial charge in [-0.3, -0.25) is 4.90 Å². The summed E-state index contributed by atoms with van der Waals surface area (Å²) in [4.78, 5) is 14.1. The molecule has 2 fully saturated rings. The van der Waals surface area contributed by atoms with Gasteiger partial charge in [0, 0.05) is 30.2 Å². The summed E-state index contributed by atoms with van der Waals surface area (Å²) < 4.78 is 5.10. The van der Waals surface area contributed by atoms with Crippen LogP contribution in [0.25, 0.3) is 0 Å². The lowest BCUT2D eigenvalue weighted by atomic mass is 9.93. The molecule has 0 spiro atoms. The molecule has 0 radical (unpaired) electrons. The highest BCUT2D eigenvalue weighted by Crippen LogP contribution is 2.37. The van der Waals surface area contributed by atoms with E-state index in [4.69, 9.17) is 10.5 Å². The molecule has 1 unspecified atom stereocenters. The highest BCUT2D eigenvalue weighted by atomic mass is 35.5. The Morgan fingerprint density at radius 1 is 1.33 bits per heavy atom. The van der Waals surface area contributed by atoms with Crippen molar-refractivity contribution in [3.63, 3.8) is 0 Å². The molecule has 5 nitrogen and oxygen atoms in total. The second-order valence-corrected chi connectivity index (χ2v) is 7.21. The van der Waals surface area contributed by atoms with Crippen LogP contribution in [0.2, 0.25) is 0 Å². The average molecular weight is 353 g/mol. The number of carbonyl (C=O) groups is 1. The number of nitrogens with two attached hydrogens (primary N) is 1. The highest BCUT2D eigenvalue weighted by Gasteiger charge is 2.40. The Hall–Kier alpha value is -1.14. The minimum atomic E-state index is -0.534. The Morgan fingerprint density at radius 2 is 2.00 bits per heavy atom. The quantitative estimate of drug-likeness (QED) is 0.814. The van der Waals surface area contributed by atoms with Crippen LogP contribution in [0.5, 0.6) is 0 Å². The number of cyclic esters (lactones) is 1. The maximum absolute atomic E-state index is 11.6. The minimum Gasteiger partial charge on any atom is -0.457 e.